The molecule has 0 aliphatic heterocycles. The predicted molar refractivity (Wildman–Crippen MR) is 109 cm³/mol. The number of carbonyl (C=O) groups excluding carboxylic acids is 2. The van der Waals surface area contributed by atoms with E-state index in [1.807, 2.05) is 12.1 Å². The Balaban J connectivity index is 1.61. The average molecular weight is 405 g/mol. The van der Waals surface area contributed by atoms with Crippen molar-refractivity contribution in [1.82, 2.24) is 10.9 Å². The minimum atomic E-state index is -0.973. The van der Waals surface area contributed by atoms with Crippen LogP contribution in [-0.4, -0.2) is 22.3 Å². The van der Waals surface area contributed by atoms with Crippen molar-refractivity contribution < 1.29 is 13.8 Å². The molecule has 144 valence electrons. The molecule has 1 unspecified atom stereocenters. The summed E-state index contributed by atoms with van der Waals surface area (Å²) in [5.41, 5.74) is 7.51. The summed E-state index contributed by atoms with van der Waals surface area (Å²) in [4.78, 5) is 26.7. The van der Waals surface area contributed by atoms with Gasteiger partial charge in [0.1, 0.15) is 0 Å². The summed E-state index contributed by atoms with van der Waals surface area (Å²) in [5, 5.41) is 0. The van der Waals surface area contributed by atoms with Gasteiger partial charge in [0.15, 0.2) is 0 Å². The van der Waals surface area contributed by atoms with Gasteiger partial charge >= 0.3 is 0 Å². The smallest absolute Gasteiger partial charge is 0.267 e. The first-order valence-corrected chi connectivity index (χ1v) is 11.7. The fraction of sp³-hybridized carbons (Fsp3) is 0.400. The molecule has 2 N–H and O–H groups in total. The van der Waals surface area contributed by atoms with Gasteiger partial charge in [0.05, 0.1) is 4.88 Å². The van der Waals surface area contributed by atoms with Gasteiger partial charge in [-0.1, -0.05) is 25.0 Å². The maximum Gasteiger partial charge on any atom is 0.279 e. The number of rotatable bonds is 4. The predicted octanol–water partition coefficient (Wildman–Crippen LogP) is 3.36. The van der Waals surface area contributed by atoms with Crippen molar-refractivity contribution in [2.24, 2.45) is 0 Å². The highest BCUT2D eigenvalue weighted by molar-refractivity contribution is 7.83. The fourth-order valence-corrected chi connectivity index (χ4v) is 5.04. The lowest BCUT2D eigenvalue weighted by Crippen LogP contribution is -2.41. The summed E-state index contributed by atoms with van der Waals surface area (Å²) in [6.45, 7) is 0. The average Bonchev–Trinajstić information content (AvgIpc) is 3.01. The Hall–Kier alpha value is -1.99. The van der Waals surface area contributed by atoms with Gasteiger partial charge in [0.25, 0.3) is 11.8 Å². The first-order valence-electron chi connectivity index (χ1n) is 9.14. The highest BCUT2D eigenvalue weighted by atomic mass is 32.2. The van der Waals surface area contributed by atoms with Crippen LogP contribution in [0.25, 0.3) is 0 Å². The largest absolute Gasteiger partial charge is 0.279 e. The van der Waals surface area contributed by atoms with Crippen molar-refractivity contribution in [3.63, 3.8) is 0 Å². The van der Waals surface area contributed by atoms with Gasteiger partial charge < -0.3 is 0 Å². The fourth-order valence-electron chi connectivity index (χ4n) is 3.24. The highest BCUT2D eigenvalue weighted by Crippen LogP contribution is 2.28. The van der Waals surface area contributed by atoms with Crippen LogP contribution in [0.5, 0.6) is 0 Å². The van der Waals surface area contributed by atoms with Crippen LogP contribution < -0.4 is 10.9 Å². The number of aryl methyl sites for hydroxylation is 2. The van der Waals surface area contributed by atoms with Crippen molar-refractivity contribution in [3.05, 3.63) is 56.8 Å². The van der Waals surface area contributed by atoms with E-state index >= 15 is 0 Å². The number of fused-ring (bicyclic) bond motifs is 1. The van der Waals surface area contributed by atoms with Crippen LogP contribution in [-0.2, 0) is 29.4 Å². The molecule has 0 saturated carbocycles. The topological polar surface area (TPSA) is 75.3 Å². The molecule has 0 fully saturated rings. The SMILES string of the molecule is CS(=O)Cc1cccc(C(=O)NNC(=O)c2cc3c(s2)CCCCCC3)c1. The van der Waals surface area contributed by atoms with E-state index in [0.717, 1.165) is 18.4 Å². The van der Waals surface area contributed by atoms with Crippen molar-refractivity contribution in [2.75, 3.05) is 6.26 Å². The molecule has 0 radical (unpaired) electrons. The van der Waals surface area contributed by atoms with Gasteiger partial charge in [-0.2, -0.15) is 0 Å². The Morgan fingerprint density at radius 3 is 2.56 bits per heavy atom. The molecule has 0 saturated heterocycles. The van der Waals surface area contributed by atoms with E-state index in [1.54, 1.807) is 24.5 Å². The molecule has 1 heterocycles. The third kappa shape index (κ3) is 5.49. The lowest BCUT2D eigenvalue weighted by atomic mass is 10.00. The first kappa shape index (κ1) is 19.8. The summed E-state index contributed by atoms with van der Waals surface area (Å²) in [6, 6.07) is 8.90. The van der Waals surface area contributed by atoms with Crippen molar-refractivity contribution >= 4 is 34.0 Å². The number of hydrazine groups is 1. The molecule has 1 aromatic carbocycles. The number of nitrogens with one attached hydrogen (secondary N) is 2. The van der Waals surface area contributed by atoms with Crippen LogP contribution in [0.1, 0.15) is 61.7 Å². The number of hydrogen-bond donors (Lipinski definition) is 2. The van der Waals surface area contributed by atoms with Crippen LogP contribution in [0.3, 0.4) is 0 Å². The van der Waals surface area contributed by atoms with Gasteiger partial charge in [0, 0.05) is 33.2 Å². The molecule has 1 atom stereocenters. The van der Waals surface area contributed by atoms with E-state index < -0.39 is 10.8 Å². The molecule has 2 aromatic rings. The Morgan fingerprint density at radius 2 is 1.78 bits per heavy atom. The number of carbonyl (C=O) groups is 2. The monoisotopic (exact) mass is 404 g/mol. The van der Waals surface area contributed by atoms with Crippen LogP contribution in [0, 0.1) is 0 Å². The number of hydrogen-bond acceptors (Lipinski definition) is 4. The first-order chi connectivity index (χ1) is 13.0. The number of amides is 2. The van der Waals surface area contributed by atoms with Gasteiger partial charge in [-0.25, -0.2) is 0 Å². The van der Waals surface area contributed by atoms with Crippen LogP contribution in [0.15, 0.2) is 30.3 Å². The molecular formula is C20H24N2O3S2. The van der Waals surface area contributed by atoms with Crippen LogP contribution in [0.2, 0.25) is 0 Å². The number of benzene rings is 1. The van der Waals surface area contributed by atoms with E-state index in [-0.39, 0.29) is 11.8 Å². The van der Waals surface area contributed by atoms with Crippen molar-refractivity contribution in [1.29, 1.82) is 0 Å². The maximum absolute atomic E-state index is 12.4. The molecule has 7 heteroatoms. The Bertz CT molecular complexity index is 835. The van der Waals surface area contributed by atoms with Gasteiger partial charge in [0.2, 0.25) is 0 Å². The normalized spacial score (nSPS) is 15.1. The summed E-state index contributed by atoms with van der Waals surface area (Å²) >= 11 is 1.53. The van der Waals surface area contributed by atoms with Crippen LogP contribution >= 0.6 is 11.3 Å². The van der Waals surface area contributed by atoms with E-state index in [1.165, 1.54) is 47.5 Å². The zero-order chi connectivity index (χ0) is 19.2. The summed E-state index contributed by atoms with van der Waals surface area (Å²) in [7, 11) is -0.973. The van der Waals surface area contributed by atoms with Crippen LogP contribution in [0.4, 0.5) is 0 Å². The highest BCUT2D eigenvalue weighted by Gasteiger charge is 2.16. The number of thiophene rings is 1. The van der Waals surface area contributed by atoms with Gasteiger partial charge in [-0.3, -0.25) is 24.6 Å². The van der Waals surface area contributed by atoms with E-state index in [4.69, 9.17) is 0 Å². The zero-order valence-electron chi connectivity index (χ0n) is 15.4. The third-order valence-electron chi connectivity index (χ3n) is 4.57. The molecule has 27 heavy (non-hydrogen) atoms. The molecule has 5 nitrogen and oxygen atoms in total. The zero-order valence-corrected chi connectivity index (χ0v) is 17.0. The lowest BCUT2D eigenvalue weighted by molar-refractivity contribution is 0.0849. The molecule has 3 rings (SSSR count). The molecule has 1 aromatic heterocycles. The second-order valence-electron chi connectivity index (χ2n) is 6.80. The van der Waals surface area contributed by atoms with E-state index in [9.17, 15) is 13.8 Å². The molecule has 0 bridgehead atoms. The second-order valence-corrected chi connectivity index (χ2v) is 9.37. The Kier molecular flexibility index (Phi) is 6.79. The van der Waals surface area contributed by atoms with E-state index in [2.05, 4.69) is 10.9 Å². The van der Waals surface area contributed by atoms with Crippen molar-refractivity contribution in [2.45, 2.75) is 44.3 Å². The summed E-state index contributed by atoms with van der Waals surface area (Å²) in [6.07, 6.45) is 8.52. The molecular weight excluding hydrogens is 380 g/mol. The van der Waals surface area contributed by atoms with E-state index in [0.29, 0.717) is 16.2 Å². The molecule has 0 spiro atoms. The standard InChI is InChI=1S/C20H24N2O3S2/c1-27(25)13-14-7-6-9-16(11-14)19(23)21-22-20(24)18-12-15-8-4-2-3-5-10-17(15)26-18/h6-7,9,11-12H,2-5,8,10,13H2,1H3,(H,21,23)(H,22,24). The minimum Gasteiger partial charge on any atom is -0.267 e. The lowest BCUT2D eigenvalue weighted by Gasteiger charge is -2.07. The molecule has 2 amide bonds. The Labute approximate surface area is 166 Å². The van der Waals surface area contributed by atoms with Crippen molar-refractivity contribution in [3.8, 4) is 0 Å². The van der Waals surface area contributed by atoms with Gasteiger partial charge in [-0.05, 0) is 55.0 Å². The molecule has 1 aliphatic carbocycles. The van der Waals surface area contributed by atoms with Gasteiger partial charge in [-0.15, -0.1) is 11.3 Å². The summed E-state index contributed by atoms with van der Waals surface area (Å²) < 4.78 is 11.3. The second kappa shape index (κ2) is 9.28. The third-order valence-corrected chi connectivity index (χ3v) is 6.54. The maximum atomic E-state index is 12.4. The molecule has 1 aliphatic rings. The quantitative estimate of drug-likeness (QED) is 0.768. The Morgan fingerprint density at radius 1 is 1.04 bits per heavy atom. The minimum absolute atomic E-state index is 0.286. The summed E-state index contributed by atoms with van der Waals surface area (Å²) in [5.74, 6) is -0.276.